The van der Waals surface area contributed by atoms with Crippen LogP contribution in [0.25, 0.3) is 0 Å². The van der Waals surface area contributed by atoms with Crippen molar-refractivity contribution in [1.82, 2.24) is 5.06 Å². The van der Waals surface area contributed by atoms with E-state index in [2.05, 4.69) is 12.0 Å². The summed E-state index contributed by atoms with van der Waals surface area (Å²) in [7, 11) is 0. The number of nitrogens with zero attached hydrogens (tertiary/aromatic N) is 1. The lowest BCUT2D eigenvalue weighted by Crippen LogP contribution is -2.39. The van der Waals surface area contributed by atoms with Crippen LogP contribution >= 0.6 is 0 Å². The second kappa shape index (κ2) is 9.17. The van der Waals surface area contributed by atoms with Crippen LogP contribution in [0.5, 0.6) is 0 Å². The Hall–Kier alpha value is -0.0800. The Labute approximate surface area is 94.9 Å². The Morgan fingerprint density at radius 3 is 1.87 bits per heavy atom. The van der Waals surface area contributed by atoms with Crippen LogP contribution in [0.4, 0.5) is 0 Å². The van der Waals surface area contributed by atoms with E-state index in [0.29, 0.717) is 0 Å². The minimum Gasteiger partial charge on any atom is -0.297 e. The summed E-state index contributed by atoms with van der Waals surface area (Å²) in [5.41, 5.74) is 0. The van der Waals surface area contributed by atoms with E-state index in [1.807, 2.05) is 0 Å². The van der Waals surface area contributed by atoms with Gasteiger partial charge in [0.05, 0.1) is 6.61 Å². The summed E-state index contributed by atoms with van der Waals surface area (Å²) >= 11 is 0. The summed E-state index contributed by atoms with van der Waals surface area (Å²) in [6.45, 7) is 5.52. The molecule has 0 N–H and O–H groups in total. The summed E-state index contributed by atoms with van der Waals surface area (Å²) in [6, 6.07) is 0. The third kappa shape index (κ3) is 6.91. The van der Waals surface area contributed by atoms with Crippen LogP contribution in [0, 0.1) is 0 Å². The fraction of sp³-hybridized carbons (Fsp3) is 1.00. The van der Waals surface area contributed by atoms with E-state index >= 15 is 0 Å². The Balaban J connectivity index is 1.66. The molecule has 2 nitrogen and oxygen atoms in total. The van der Waals surface area contributed by atoms with Gasteiger partial charge in [-0.1, -0.05) is 58.3 Å². The highest BCUT2D eigenvalue weighted by Crippen LogP contribution is 2.11. The quantitative estimate of drug-likeness (QED) is 0.512. The summed E-state index contributed by atoms with van der Waals surface area (Å²) in [5.74, 6) is 0. The Kier molecular flexibility index (Phi) is 7.94. The molecular weight excluding hydrogens is 186 g/mol. The minimum absolute atomic E-state index is 0.942. The Morgan fingerprint density at radius 1 is 0.867 bits per heavy atom. The van der Waals surface area contributed by atoms with Gasteiger partial charge in [-0.05, 0) is 6.42 Å². The molecule has 15 heavy (non-hydrogen) atoms. The van der Waals surface area contributed by atoms with E-state index < -0.39 is 0 Å². The summed E-state index contributed by atoms with van der Waals surface area (Å²) in [4.78, 5) is 5.24. The molecule has 0 bridgehead atoms. The molecule has 0 saturated carbocycles. The van der Waals surface area contributed by atoms with Crippen molar-refractivity contribution >= 4 is 0 Å². The molecule has 2 heteroatoms. The zero-order valence-corrected chi connectivity index (χ0v) is 10.3. The predicted molar refractivity (Wildman–Crippen MR) is 64.8 cm³/mol. The molecule has 1 heterocycles. The van der Waals surface area contributed by atoms with Crippen LogP contribution in [0.3, 0.4) is 0 Å². The van der Waals surface area contributed by atoms with Gasteiger partial charge in [-0.15, -0.1) is 0 Å². The third-order valence-electron chi connectivity index (χ3n) is 3.13. The van der Waals surface area contributed by atoms with Crippen LogP contribution < -0.4 is 0 Å². The first kappa shape index (κ1) is 13.0. The van der Waals surface area contributed by atoms with Crippen molar-refractivity contribution in [3.63, 3.8) is 0 Å². The lowest BCUT2D eigenvalue weighted by atomic mass is 10.1. The zero-order valence-electron chi connectivity index (χ0n) is 10.3. The fourth-order valence-electron chi connectivity index (χ4n) is 2.00. The number of unbranched alkanes of at least 4 members (excludes halogenated alkanes) is 8. The molecule has 0 unspecified atom stereocenters. The Morgan fingerprint density at radius 2 is 1.40 bits per heavy atom. The topological polar surface area (TPSA) is 12.5 Å². The molecule has 0 aromatic heterocycles. The predicted octanol–water partition coefficient (Wildman–Crippen LogP) is 3.76. The van der Waals surface area contributed by atoms with Crippen molar-refractivity contribution in [2.24, 2.45) is 0 Å². The normalized spacial score (nSPS) is 16.6. The summed E-state index contributed by atoms with van der Waals surface area (Å²) in [6.07, 6.45) is 12.7. The number of rotatable bonds is 10. The Bertz CT molecular complexity index is 134. The van der Waals surface area contributed by atoms with E-state index in [1.54, 1.807) is 0 Å². The van der Waals surface area contributed by atoms with Crippen LogP contribution in [0.15, 0.2) is 0 Å². The maximum absolute atomic E-state index is 5.24. The zero-order chi connectivity index (χ0) is 10.8. The van der Waals surface area contributed by atoms with Gasteiger partial charge in [0, 0.05) is 13.1 Å². The van der Waals surface area contributed by atoms with Crippen molar-refractivity contribution in [3.8, 4) is 0 Å². The fourth-order valence-corrected chi connectivity index (χ4v) is 2.00. The highest BCUT2D eigenvalue weighted by molar-refractivity contribution is 4.54. The van der Waals surface area contributed by atoms with Gasteiger partial charge in [0.25, 0.3) is 0 Å². The van der Waals surface area contributed by atoms with E-state index in [-0.39, 0.29) is 0 Å². The SMILES string of the molecule is CCCCCCCCCCCN1CCO1. The average molecular weight is 213 g/mol. The first-order valence-corrected chi connectivity index (χ1v) is 6.81. The molecule has 1 aliphatic heterocycles. The summed E-state index contributed by atoms with van der Waals surface area (Å²) in [5, 5.41) is 2.08. The van der Waals surface area contributed by atoms with Crippen molar-refractivity contribution in [3.05, 3.63) is 0 Å². The molecular formula is C13H27NO. The maximum Gasteiger partial charge on any atom is 0.0835 e. The van der Waals surface area contributed by atoms with Crippen LogP contribution in [-0.4, -0.2) is 24.8 Å². The van der Waals surface area contributed by atoms with E-state index in [4.69, 9.17) is 4.84 Å². The van der Waals surface area contributed by atoms with Crippen LogP contribution in [0.2, 0.25) is 0 Å². The van der Waals surface area contributed by atoms with Crippen LogP contribution in [-0.2, 0) is 4.84 Å². The monoisotopic (exact) mass is 213 g/mol. The van der Waals surface area contributed by atoms with Gasteiger partial charge in [-0.25, -0.2) is 0 Å². The van der Waals surface area contributed by atoms with Crippen molar-refractivity contribution in [1.29, 1.82) is 0 Å². The smallest absolute Gasteiger partial charge is 0.0835 e. The molecule has 1 rings (SSSR count). The number of hydroxylamine groups is 2. The van der Waals surface area contributed by atoms with E-state index in [9.17, 15) is 0 Å². The van der Waals surface area contributed by atoms with Gasteiger partial charge in [0.15, 0.2) is 0 Å². The molecule has 90 valence electrons. The molecule has 1 aliphatic rings. The number of hydrogen-bond donors (Lipinski definition) is 0. The molecule has 0 radical (unpaired) electrons. The lowest BCUT2D eigenvalue weighted by Gasteiger charge is -2.29. The first-order valence-electron chi connectivity index (χ1n) is 6.81. The number of hydrogen-bond acceptors (Lipinski definition) is 2. The maximum atomic E-state index is 5.24. The minimum atomic E-state index is 0.942. The molecule has 0 aromatic rings. The summed E-state index contributed by atoms with van der Waals surface area (Å²) < 4.78 is 0. The van der Waals surface area contributed by atoms with E-state index in [1.165, 1.54) is 57.8 Å². The van der Waals surface area contributed by atoms with Gasteiger partial charge in [0.1, 0.15) is 0 Å². The van der Waals surface area contributed by atoms with Gasteiger partial charge >= 0.3 is 0 Å². The second-order valence-corrected chi connectivity index (χ2v) is 4.59. The first-order chi connectivity index (χ1) is 7.43. The largest absolute Gasteiger partial charge is 0.297 e. The highest BCUT2D eigenvalue weighted by atomic mass is 16.7. The molecule has 0 amide bonds. The standard InChI is InChI=1S/C13H27NO/c1-2-3-4-5-6-7-8-9-10-11-14-12-13-15-14/h2-13H2,1H3. The van der Waals surface area contributed by atoms with E-state index in [0.717, 1.165) is 19.7 Å². The molecule has 0 spiro atoms. The second-order valence-electron chi connectivity index (χ2n) is 4.59. The molecule has 1 saturated heterocycles. The molecule has 0 aromatic carbocycles. The van der Waals surface area contributed by atoms with Crippen molar-refractivity contribution in [2.45, 2.75) is 64.7 Å². The highest BCUT2D eigenvalue weighted by Gasteiger charge is 2.12. The van der Waals surface area contributed by atoms with Gasteiger partial charge in [-0.3, -0.25) is 4.84 Å². The average Bonchev–Trinajstić information content (AvgIpc) is 2.18. The van der Waals surface area contributed by atoms with Crippen molar-refractivity contribution < 1.29 is 4.84 Å². The van der Waals surface area contributed by atoms with Crippen LogP contribution in [0.1, 0.15) is 64.7 Å². The lowest BCUT2D eigenvalue weighted by molar-refractivity contribution is -0.246. The van der Waals surface area contributed by atoms with Gasteiger partial charge in [0.2, 0.25) is 0 Å². The third-order valence-corrected chi connectivity index (χ3v) is 3.13. The van der Waals surface area contributed by atoms with Gasteiger partial charge < -0.3 is 0 Å². The molecule has 1 fully saturated rings. The molecule has 0 aliphatic carbocycles. The van der Waals surface area contributed by atoms with Crippen molar-refractivity contribution in [2.75, 3.05) is 19.7 Å². The van der Waals surface area contributed by atoms with Gasteiger partial charge in [-0.2, -0.15) is 5.06 Å². The molecule has 0 atom stereocenters.